The van der Waals surface area contributed by atoms with Crippen molar-refractivity contribution in [3.8, 4) is 0 Å². The van der Waals surface area contributed by atoms with E-state index in [1.807, 2.05) is 6.07 Å². The Morgan fingerprint density at radius 2 is 2.00 bits per heavy atom. The highest BCUT2D eigenvalue weighted by Crippen LogP contribution is 2.30. The molecular weight excluding hydrogens is 364 g/mol. The largest absolute Gasteiger partial charge is 0.282 e. The summed E-state index contributed by atoms with van der Waals surface area (Å²) in [5.41, 5.74) is 1.17. The molecule has 0 spiro atoms. The fraction of sp³-hybridized carbons (Fsp3) is 0.154. The van der Waals surface area contributed by atoms with Crippen molar-refractivity contribution in [2.24, 2.45) is 0 Å². The molecule has 0 fully saturated rings. The Kier molecular flexibility index (Phi) is 5.01. The van der Waals surface area contributed by atoms with Crippen LogP contribution in [-0.2, 0) is 16.4 Å². The van der Waals surface area contributed by atoms with E-state index in [0.29, 0.717) is 21.6 Å². The molecule has 0 atom stereocenters. The van der Waals surface area contributed by atoms with Gasteiger partial charge in [0, 0.05) is 18.3 Å². The van der Waals surface area contributed by atoms with E-state index in [9.17, 15) is 8.42 Å². The standard InChI is InChI=1S/C13H12BrClN2O2S/c14-13-11(15)5-3-6-12(13)17-20(18,19)9-7-10-4-1-2-8-16-10/h1-6,8,17H,7,9H2. The first kappa shape index (κ1) is 15.3. The number of sulfonamides is 1. The van der Waals surface area contributed by atoms with Crippen molar-refractivity contribution in [3.63, 3.8) is 0 Å². The van der Waals surface area contributed by atoms with E-state index in [1.54, 1.807) is 36.5 Å². The number of hydrogen-bond donors (Lipinski definition) is 1. The average Bonchev–Trinajstić information content (AvgIpc) is 2.43. The van der Waals surface area contributed by atoms with Crippen molar-refractivity contribution in [1.29, 1.82) is 0 Å². The van der Waals surface area contributed by atoms with Crippen LogP contribution in [0.4, 0.5) is 5.69 Å². The summed E-state index contributed by atoms with van der Waals surface area (Å²) in [6.07, 6.45) is 2.00. The fourth-order valence-electron chi connectivity index (χ4n) is 1.59. The van der Waals surface area contributed by atoms with Crippen LogP contribution in [0.2, 0.25) is 5.02 Å². The van der Waals surface area contributed by atoms with Gasteiger partial charge >= 0.3 is 0 Å². The Morgan fingerprint density at radius 3 is 2.70 bits per heavy atom. The van der Waals surface area contributed by atoms with Crippen LogP contribution < -0.4 is 4.72 Å². The summed E-state index contributed by atoms with van der Waals surface area (Å²) in [6, 6.07) is 10.4. The smallest absolute Gasteiger partial charge is 0.233 e. The Bertz CT molecular complexity index is 693. The Hall–Kier alpha value is -1.11. The first-order valence-corrected chi connectivity index (χ1v) is 8.65. The zero-order chi connectivity index (χ0) is 14.6. The number of rotatable bonds is 5. The summed E-state index contributed by atoms with van der Waals surface area (Å²) < 4.78 is 27.1. The van der Waals surface area contributed by atoms with Crippen molar-refractivity contribution in [2.45, 2.75) is 6.42 Å². The van der Waals surface area contributed by atoms with Crippen LogP contribution in [-0.4, -0.2) is 19.2 Å². The maximum Gasteiger partial charge on any atom is 0.233 e. The van der Waals surface area contributed by atoms with Crippen molar-refractivity contribution in [3.05, 3.63) is 57.8 Å². The SMILES string of the molecule is O=S(=O)(CCc1ccccn1)Nc1cccc(Cl)c1Br. The van der Waals surface area contributed by atoms with E-state index in [2.05, 4.69) is 25.6 Å². The van der Waals surface area contributed by atoms with Crippen LogP contribution in [0.3, 0.4) is 0 Å². The van der Waals surface area contributed by atoms with Gasteiger partial charge in [0.1, 0.15) is 0 Å². The number of nitrogens with zero attached hydrogens (tertiary/aromatic N) is 1. The van der Waals surface area contributed by atoms with Gasteiger partial charge in [0.15, 0.2) is 0 Å². The summed E-state index contributed by atoms with van der Waals surface area (Å²) in [5, 5.41) is 0.454. The highest BCUT2D eigenvalue weighted by Gasteiger charge is 2.14. The number of halogens is 2. The van der Waals surface area contributed by atoms with Gasteiger partial charge in [-0.05, 0) is 40.2 Å². The fourth-order valence-corrected chi connectivity index (χ4v) is 3.34. The highest BCUT2D eigenvalue weighted by molar-refractivity contribution is 9.10. The molecule has 1 aromatic carbocycles. The van der Waals surface area contributed by atoms with Crippen LogP contribution >= 0.6 is 27.5 Å². The first-order valence-electron chi connectivity index (χ1n) is 5.82. The van der Waals surface area contributed by atoms with Gasteiger partial charge in [-0.1, -0.05) is 23.7 Å². The lowest BCUT2D eigenvalue weighted by molar-refractivity contribution is 0.600. The van der Waals surface area contributed by atoms with E-state index in [4.69, 9.17) is 11.6 Å². The monoisotopic (exact) mass is 374 g/mol. The molecule has 0 bridgehead atoms. The quantitative estimate of drug-likeness (QED) is 0.870. The highest BCUT2D eigenvalue weighted by atomic mass is 79.9. The van der Waals surface area contributed by atoms with Gasteiger partial charge in [-0.2, -0.15) is 0 Å². The molecule has 0 amide bonds. The molecule has 0 aliphatic heterocycles. The van der Waals surface area contributed by atoms with E-state index < -0.39 is 10.0 Å². The molecule has 0 aliphatic rings. The molecule has 0 saturated carbocycles. The molecule has 7 heteroatoms. The molecule has 0 saturated heterocycles. The van der Waals surface area contributed by atoms with Crippen molar-refractivity contribution in [1.82, 2.24) is 4.98 Å². The van der Waals surface area contributed by atoms with Crippen LogP contribution in [0.5, 0.6) is 0 Å². The van der Waals surface area contributed by atoms with Crippen LogP contribution in [0.1, 0.15) is 5.69 Å². The topological polar surface area (TPSA) is 59.1 Å². The van der Waals surface area contributed by atoms with E-state index >= 15 is 0 Å². The van der Waals surface area contributed by atoms with Gasteiger partial charge in [0.25, 0.3) is 0 Å². The Morgan fingerprint density at radius 1 is 1.20 bits per heavy atom. The lowest BCUT2D eigenvalue weighted by Gasteiger charge is -2.10. The zero-order valence-electron chi connectivity index (χ0n) is 10.4. The molecule has 1 aromatic heterocycles. The predicted octanol–water partition coefficient (Wildman–Crippen LogP) is 3.48. The Balaban J connectivity index is 2.06. The van der Waals surface area contributed by atoms with Gasteiger partial charge in [-0.25, -0.2) is 8.42 Å². The number of nitrogens with one attached hydrogen (secondary N) is 1. The summed E-state index contributed by atoms with van der Waals surface area (Å²) in [4.78, 5) is 4.10. The lowest BCUT2D eigenvalue weighted by atomic mass is 10.3. The number of pyridine rings is 1. The van der Waals surface area contributed by atoms with E-state index in [1.165, 1.54) is 0 Å². The summed E-state index contributed by atoms with van der Waals surface area (Å²) in [5.74, 6) is -0.0387. The summed E-state index contributed by atoms with van der Waals surface area (Å²) >= 11 is 9.18. The first-order chi connectivity index (χ1) is 9.48. The molecule has 0 radical (unpaired) electrons. The molecule has 4 nitrogen and oxygen atoms in total. The second-order valence-corrected chi connectivity index (χ2v) is 7.14. The lowest BCUT2D eigenvalue weighted by Crippen LogP contribution is -2.18. The minimum absolute atomic E-state index is 0.0387. The number of aromatic nitrogens is 1. The second kappa shape index (κ2) is 6.56. The van der Waals surface area contributed by atoms with Crippen LogP contribution in [0.25, 0.3) is 0 Å². The van der Waals surface area contributed by atoms with Gasteiger partial charge < -0.3 is 0 Å². The van der Waals surface area contributed by atoms with Gasteiger partial charge in [0.2, 0.25) is 10.0 Å². The zero-order valence-corrected chi connectivity index (χ0v) is 13.5. The van der Waals surface area contributed by atoms with Crippen LogP contribution in [0, 0.1) is 0 Å². The molecule has 2 rings (SSSR count). The molecule has 1 N–H and O–H groups in total. The third-order valence-electron chi connectivity index (χ3n) is 2.57. The van der Waals surface area contributed by atoms with E-state index in [0.717, 1.165) is 5.69 Å². The molecule has 1 heterocycles. The molecule has 106 valence electrons. The van der Waals surface area contributed by atoms with Crippen LogP contribution in [0.15, 0.2) is 47.1 Å². The third kappa shape index (κ3) is 4.19. The molecule has 0 unspecified atom stereocenters. The molecule has 20 heavy (non-hydrogen) atoms. The molecular formula is C13H12BrClN2O2S. The normalized spacial score (nSPS) is 11.3. The van der Waals surface area contributed by atoms with Gasteiger partial charge in [0.05, 0.1) is 20.9 Å². The van der Waals surface area contributed by atoms with Crippen molar-refractivity contribution >= 4 is 43.2 Å². The third-order valence-corrected chi connectivity index (χ3v) is 5.24. The van der Waals surface area contributed by atoms with Crippen molar-refractivity contribution in [2.75, 3.05) is 10.5 Å². The Labute approximate surface area is 131 Å². The van der Waals surface area contributed by atoms with Crippen molar-refractivity contribution < 1.29 is 8.42 Å². The average molecular weight is 376 g/mol. The summed E-state index contributed by atoms with van der Waals surface area (Å²) in [6.45, 7) is 0. The molecule has 2 aromatic rings. The number of hydrogen-bond acceptors (Lipinski definition) is 3. The number of aryl methyl sites for hydroxylation is 1. The summed E-state index contributed by atoms with van der Waals surface area (Å²) in [7, 11) is -3.45. The van der Waals surface area contributed by atoms with Gasteiger partial charge in [-0.3, -0.25) is 9.71 Å². The number of anilines is 1. The maximum atomic E-state index is 12.0. The molecule has 0 aliphatic carbocycles. The second-order valence-electron chi connectivity index (χ2n) is 4.09. The predicted molar refractivity (Wildman–Crippen MR) is 84.5 cm³/mol. The van der Waals surface area contributed by atoms with E-state index in [-0.39, 0.29) is 5.75 Å². The minimum Gasteiger partial charge on any atom is -0.282 e. The van der Waals surface area contributed by atoms with Gasteiger partial charge in [-0.15, -0.1) is 0 Å². The maximum absolute atomic E-state index is 12.0. The minimum atomic E-state index is -3.45. The number of benzene rings is 1.